The lowest BCUT2D eigenvalue weighted by Crippen LogP contribution is -2.49. The van der Waals surface area contributed by atoms with Crippen LogP contribution in [0.15, 0.2) is 6.07 Å². The Balaban J connectivity index is 3.01. The molecule has 0 saturated carbocycles. The molecule has 0 aliphatic heterocycles. The fourth-order valence-corrected chi connectivity index (χ4v) is 1.33. The molecule has 0 unspecified atom stereocenters. The zero-order chi connectivity index (χ0) is 13.6. The molecule has 7 N–H and O–H groups in total. The van der Waals surface area contributed by atoms with Crippen molar-refractivity contribution in [3.8, 4) is 0 Å². The number of nitrogens with zero attached hydrogens (tertiary/aromatic N) is 2. The summed E-state index contributed by atoms with van der Waals surface area (Å²) in [6.45, 7) is 0.585. The first kappa shape index (κ1) is 14.6. The molecule has 0 fully saturated rings. The van der Waals surface area contributed by atoms with Crippen LogP contribution in [0.3, 0.4) is 0 Å². The quantitative estimate of drug-likeness (QED) is 0.255. The average molecular weight is 257 g/mol. The molecule has 8 nitrogen and oxygen atoms in total. The molecule has 0 radical (unpaired) electrons. The Bertz CT molecular complexity index is 353. The molecule has 18 heavy (non-hydrogen) atoms. The molecule has 1 aromatic heterocycles. The summed E-state index contributed by atoms with van der Waals surface area (Å²) in [4.78, 5) is 8.28. The first-order valence-corrected chi connectivity index (χ1v) is 5.58. The Morgan fingerprint density at radius 3 is 2.17 bits per heavy atom. The number of anilines is 2. The normalized spacial score (nSPS) is 11.4. The van der Waals surface area contributed by atoms with Gasteiger partial charge in [-0.25, -0.2) is 15.8 Å². The average Bonchev–Trinajstić information content (AvgIpc) is 2.44. The maximum Gasteiger partial charge on any atom is 0.145 e. The molecule has 0 aliphatic carbocycles. The van der Waals surface area contributed by atoms with E-state index in [-0.39, 0.29) is 0 Å². The molecule has 1 rings (SSSR count). The van der Waals surface area contributed by atoms with Crippen LogP contribution in [0.4, 0.5) is 11.6 Å². The van der Waals surface area contributed by atoms with E-state index in [1.807, 2.05) is 6.92 Å². The van der Waals surface area contributed by atoms with E-state index in [2.05, 4.69) is 20.7 Å². The molecule has 8 heteroatoms. The van der Waals surface area contributed by atoms with E-state index in [0.29, 0.717) is 23.9 Å². The number of hydrogen-bond donors (Lipinski definition) is 6. The van der Waals surface area contributed by atoms with Crippen LogP contribution in [0.2, 0.25) is 0 Å². The summed E-state index contributed by atoms with van der Waals surface area (Å²) in [6.07, 6.45) is 0.606. The van der Waals surface area contributed by atoms with Crippen molar-refractivity contribution in [3.63, 3.8) is 0 Å². The number of hydrazine groups is 1. The van der Waals surface area contributed by atoms with Gasteiger partial charge in [0.2, 0.25) is 0 Å². The second-order valence-corrected chi connectivity index (χ2v) is 3.93. The van der Waals surface area contributed by atoms with Gasteiger partial charge in [-0.2, -0.15) is 0 Å². The molecule has 0 bridgehead atoms. The number of nitrogen functional groups attached to an aromatic ring is 1. The van der Waals surface area contributed by atoms with Crippen molar-refractivity contribution in [1.29, 1.82) is 0 Å². The molecule has 0 amide bonds. The Hall–Kier alpha value is -1.48. The SMILES string of the molecule is CCc1nc(NN)cc(NC(CO)(CO)CO)n1. The third-order valence-corrected chi connectivity index (χ3v) is 2.54. The number of hydrogen-bond acceptors (Lipinski definition) is 8. The monoisotopic (exact) mass is 257 g/mol. The lowest BCUT2D eigenvalue weighted by atomic mass is 10.0. The Morgan fingerprint density at radius 1 is 1.17 bits per heavy atom. The van der Waals surface area contributed by atoms with Gasteiger partial charge in [-0.1, -0.05) is 6.92 Å². The number of aromatic nitrogens is 2. The van der Waals surface area contributed by atoms with Crippen molar-refractivity contribution in [3.05, 3.63) is 11.9 Å². The van der Waals surface area contributed by atoms with Gasteiger partial charge in [0.05, 0.1) is 19.8 Å². The van der Waals surface area contributed by atoms with Gasteiger partial charge in [0.1, 0.15) is 23.0 Å². The second kappa shape index (κ2) is 6.45. The highest BCUT2D eigenvalue weighted by Gasteiger charge is 2.28. The summed E-state index contributed by atoms with van der Waals surface area (Å²) in [5, 5.41) is 30.5. The van der Waals surface area contributed by atoms with E-state index in [1.165, 1.54) is 6.07 Å². The van der Waals surface area contributed by atoms with Crippen molar-refractivity contribution in [2.24, 2.45) is 5.84 Å². The van der Waals surface area contributed by atoms with Crippen molar-refractivity contribution in [2.75, 3.05) is 30.6 Å². The van der Waals surface area contributed by atoms with Crippen LogP contribution >= 0.6 is 0 Å². The largest absolute Gasteiger partial charge is 0.394 e. The van der Waals surface area contributed by atoms with Gasteiger partial charge in [0.25, 0.3) is 0 Å². The molecule has 102 valence electrons. The molecule has 0 aromatic carbocycles. The van der Waals surface area contributed by atoms with E-state index < -0.39 is 25.4 Å². The number of nitrogens with two attached hydrogens (primary N) is 1. The standard InChI is InChI=1S/C10H19N5O3/c1-2-7-12-8(3-9(13-7)15-11)14-10(4-16,5-17)6-18/h3,16-18H,2,4-6,11H2,1H3,(H2,12,13,14,15). The Kier molecular flexibility index (Phi) is 5.23. The molecule has 0 atom stereocenters. The van der Waals surface area contributed by atoms with Crippen LogP contribution in [-0.2, 0) is 6.42 Å². The van der Waals surface area contributed by atoms with Crippen LogP contribution in [-0.4, -0.2) is 50.6 Å². The van der Waals surface area contributed by atoms with Crippen LogP contribution in [0, 0.1) is 0 Å². The third-order valence-electron chi connectivity index (χ3n) is 2.54. The maximum atomic E-state index is 9.22. The van der Waals surface area contributed by atoms with Crippen LogP contribution < -0.4 is 16.6 Å². The summed E-state index contributed by atoms with van der Waals surface area (Å²) < 4.78 is 0. The minimum absolute atomic E-state index is 0.368. The lowest BCUT2D eigenvalue weighted by Gasteiger charge is -2.29. The third kappa shape index (κ3) is 3.26. The molecule has 0 aliphatic rings. The summed E-state index contributed by atoms with van der Waals surface area (Å²) in [6, 6.07) is 1.52. The first-order valence-electron chi connectivity index (χ1n) is 5.58. The zero-order valence-electron chi connectivity index (χ0n) is 10.2. The minimum Gasteiger partial charge on any atom is -0.394 e. The Morgan fingerprint density at radius 2 is 1.72 bits per heavy atom. The van der Waals surface area contributed by atoms with Crippen LogP contribution in [0.25, 0.3) is 0 Å². The lowest BCUT2D eigenvalue weighted by molar-refractivity contribution is 0.0831. The molecule has 1 heterocycles. The number of aliphatic hydroxyl groups is 3. The number of nitrogens with one attached hydrogen (secondary N) is 2. The molecule has 0 saturated heterocycles. The first-order chi connectivity index (χ1) is 8.62. The summed E-state index contributed by atoms with van der Waals surface area (Å²) in [5.41, 5.74) is 1.17. The van der Waals surface area contributed by atoms with Gasteiger partial charge in [-0.05, 0) is 0 Å². The van der Waals surface area contributed by atoms with Gasteiger partial charge in [-0.15, -0.1) is 0 Å². The van der Waals surface area contributed by atoms with Gasteiger partial charge in [0, 0.05) is 12.5 Å². The smallest absolute Gasteiger partial charge is 0.145 e. The number of aryl methyl sites for hydroxylation is 1. The van der Waals surface area contributed by atoms with E-state index in [1.54, 1.807) is 0 Å². The summed E-state index contributed by atoms with van der Waals surface area (Å²) in [5.74, 6) is 6.62. The zero-order valence-corrected chi connectivity index (χ0v) is 10.2. The highest BCUT2D eigenvalue weighted by atomic mass is 16.3. The molecule has 0 spiro atoms. The molecular weight excluding hydrogens is 238 g/mol. The van der Waals surface area contributed by atoms with Crippen molar-refractivity contribution in [1.82, 2.24) is 9.97 Å². The van der Waals surface area contributed by atoms with E-state index >= 15 is 0 Å². The van der Waals surface area contributed by atoms with Gasteiger partial charge in [0.15, 0.2) is 0 Å². The van der Waals surface area contributed by atoms with Gasteiger partial charge >= 0.3 is 0 Å². The van der Waals surface area contributed by atoms with Crippen molar-refractivity contribution < 1.29 is 15.3 Å². The fraction of sp³-hybridized carbons (Fsp3) is 0.600. The van der Waals surface area contributed by atoms with Gasteiger partial charge < -0.3 is 26.1 Å². The van der Waals surface area contributed by atoms with E-state index in [0.717, 1.165) is 0 Å². The van der Waals surface area contributed by atoms with Crippen LogP contribution in [0.1, 0.15) is 12.7 Å². The van der Waals surface area contributed by atoms with Crippen LogP contribution in [0.5, 0.6) is 0 Å². The Labute approximate surface area is 105 Å². The topological polar surface area (TPSA) is 137 Å². The summed E-state index contributed by atoms with van der Waals surface area (Å²) in [7, 11) is 0. The van der Waals surface area contributed by atoms with E-state index in [4.69, 9.17) is 5.84 Å². The molecular formula is C10H19N5O3. The number of aliphatic hydroxyl groups excluding tert-OH is 3. The summed E-state index contributed by atoms with van der Waals surface area (Å²) >= 11 is 0. The van der Waals surface area contributed by atoms with Gasteiger partial charge in [-0.3, -0.25) is 0 Å². The molecule has 1 aromatic rings. The van der Waals surface area contributed by atoms with Crippen molar-refractivity contribution in [2.45, 2.75) is 18.9 Å². The second-order valence-electron chi connectivity index (χ2n) is 3.93. The fourth-order valence-electron chi connectivity index (χ4n) is 1.33. The highest BCUT2D eigenvalue weighted by molar-refractivity contribution is 5.48. The van der Waals surface area contributed by atoms with Crippen molar-refractivity contribution >= 4 is 11.6 Å². The van der Waals surface area contributed by atoms with E-state index in [9.17, 15) is 15.3 Å². The predicted molar refractivity (Wildman–Crippen MR) is 66.8 cm³/mol. The number of rotatable bonds is 7. The minimum atomic E-state index is -1.23. The highest BCUT2D eigenvalue weighted by Crippen LogP contribution is 2.16. The maximum absolute atomic E-state index is 9.22. The predicted octanol–water partition coefficient (Wildman–Crippen LogP) is -1.55.